The highest BCUT2D eigenvalue weighted by atomic mass is 32.1. The predicted molar refractivity (Wildman–Crippen MR) is 188 cm³/mol. The van der Waals surface area contributed by atoms with Crippen LogP contribution in [0.15, 0.2) is 85.2 Å². The minimum Gasteiger partial charge on any atom is -0.458 e. The zero-order valence-corrected chi connectivity index (χ0v) is 29.7. The number of aromatic nitrogens is 6. The number of rotatable bonds is 11. The first-order chi connectivity index (χ1) is 25.6. The largest absolute Gasteiger partial charge is 0.458 e. The van der Waals surface area contributed by atoms with Gasteiger partial charge in [0.15, 0.2) is 0 Å². The fourth-order valence-corrected chi connectivity index (χ4v) is 6.71. The molecular formula is C36H26F6N6O4S2. The van der Waals surface area contributed by atoms with Gasteiger partial charge in [0.1, 0.15) is 36.0 Å². The van der Waals surface area contributed by atoms with Crippen molar-refractivity contribution >= 4 is 46.8 Å². The molecule has 0 N–H and O–H groups in total. The van der Waals surface area contributed by atoms with E-state index in [1.165, 1.54) is 73.5 Å². The zero-order valence-electron chi connectivity index (χ0n) is 28.1. The minimum absolute atomic E-state index is 0.0750. The zero-order chi connectivity index (χ0) is 38.6. The van der Waals surface area contributed by atoms with E-state index in [1.807, 2.05) is 0 Å². The Hall–Kier alpha value is -5.88. The Kier molecular flexibility index (Phi) is 10.9. The first kappa shape index (κ1) is 37.9. The number of pyridine rings is 2. The lowest BCUT2D eigenvalue weighted by Gasteiger charge is -2.07. The molecule has 0 unspecified atom stereocenters. The molecule has 6 aromatic rings. The van der Waals surface area contributed by atoms with Gasteiger partial charge >= 0.3 is 24.3 Å². The van der Waals surface area contributed by atoms with Gasteiger partial charge in [-0.1, -0.05) is 0 Å². The molecule has 0 amide bonds. The third-order valence-corrected chi connectivity index (χ3v) is 9.69. The summed E-state index contributed by atoms with van der Waals surface area (Å²) in [5.74, 6) is -1.27. The number of esters is 2. The Morgan fingerprint density at radius 3 is 1.41 bits per heavy atom. The lowest BCUT2D eigenvalue weighted by Crippen LogP contribution is -2.11. The average molecular weight is 785 g/mol. The van der Waals surface area contributed by atoms with Crippen LogP contribution in [-0.4, -0.2) is 41.5 Å². The molecule has 0 bridgehead atoms. The van der Waals surface area contributed by atoms with E-state index in [2.05, 4.69) is 20.2 Å². The molecule has 18 heteroatoms. The lowest BCUT2D eigenvalue weighted by molar-refractivity contribution is -0.144. The number of alkyl halides is 6. The van der Waals surface area contributed by atoms with Crippen molar-refractivity contribution < 1.29 is 45.4 Å². The molecule has 54 heavy (non-hydrogen) atoms. The molecule has 0 aliphatic heterocycles. The summed E-state index contributed by atoms with van der Waals surface area (Å²) in [6.07, 6.45) is -0.563. The van der Waals surface area contributed by atoms with Gasteiger partial charge in [-0.15, -0.1) is 22.7 Å². The number of hydrogen-bond donors (Lipinski definition) is 0. The SMILES string of the molecule is Cn1nc(-c2ccc(/C=C/C(=O)OCc3ccnc(-c4cc(COC(=O)/C=C/c5ccc(-c6cc(C(F)(F)F)n(C)n6)s5)ccn4)c3)s2)cc1C(F)(F)F. The normalized spacial score (nSPS) is 12.2. The molecule has 0 atom stereocenters. The van der Waals surface area contributed by atoms with Gasteiger partial charge in [-0.05, 0) is 83.9 Å². The van der Waals surface area contributed by atoms with Crippen molar-refractivity contribution in [2.75, 3.05) is 0 Å². The molecule has 0 radical (unpaired) electrons. The van der Waals surface area contributed by atoms with E-state index in [-0.39, 0.29) is 24.6 Å². The third kappa shape index (κ3) is 9.37. The number of carbonyl (C=O) groups excluding carboxylic acids is 2. The summed E-state index contributed by atoms with van der Waals surface area (Å²) < 4.78 is 91.0. The smallest absolute Gasteiger partial charge is 0.433 e. The van der Waals surface area contributed by atoms with Crippen LogP contribution < -0.4 is 0 Å². The Labute approximate surface area is 310 Å². The molecule has 0 fully saturated rings. The maximum atomic E-state index is 13.1. The van der Waals surface area contributed by atoms with E-state index in [4.69, 9.17) is 9.47 Å². The van der Waals surface area contributed by atoms with Gasteiger partial charge in [0.05, 0.1) is 21.1 Å². The highest BCUT2D eigenvalue weighted by Gasteiger charge is 2.36. The summed E-state index contributed by atoms with van der Waals surface area (Å²) in [5.41, 5.74) is 0.812. The van der Waals surface area contributed by atoms with Crippen molar-refractivity contribution in [2.24, 2.45) is 14.1 Å². The number of thiophene rings is 2. The fraction of sp³-hybridized carbons (Fsp3) is 0.167. The molecule has 278 valence electrons. The van der Waals surface area contributed by atoms with Gasteiger partial charge in [0.25, 0.3) is 0 Å². The van der Waals surface area contributed by atoms with Crippen molar-refractivity contribution in [3.8, 4) is 32.5 Å². The van der Waals surface area contributed by atoms with E-state index in [0.29, 0.717) is 42.0 Å². The van der Waals surface area contributed by atoms with E-state index in [9.17, 15) is 35.9 Å². The second-order valence-electron chi connectivity index (χ2n) is 11.5. The van der Waals surface area contributed by atoms with E-state index in [0.717, 1.165) is 21.5 Å². The molecule has 0 aliphatic carbocycles. The molecule has 0 aliphatic rings. The third-order valence-electron chi connectivity index (χ3n) is 7.54. The molecule has 0 saturated carbocycles. The second-order valence-corrected chi connectivity index (χ2v) is 13.7. The molecule has 6 aromatic heterocycles. The number of nitrogens with zero attached hydrogens (tertiary/aromatic N) is 6. The Morgan fingerprint density at radius 2 is 1.04 bits per heavy atom. The van der Waals surface area contributed by atoms with Gasteiger partial charge in [0, 0.05) is 48.4 Å². The average Bonchev–Trinajstić information content (AvgIpc) is 3.94. The summed E-state index contributed by atoms with van der Waals surface area (Å²) >= 11 is 2.34. The van der Waals surface area contributed by atoms with Crippen LogP contribution in [0.2, 0.25) is 0 Å². The second kappa shape index (κ2) is 15.6. The number of halogens is 6. The highest BCUT2D eigenvalue weighted by molar-refractivity contribution is 7.16. The monoisotopic (exact) mass is 784 g/mol. The van der Waals surface area contributed by atoms with Gasteiger partial charge in [0.2, 0.25) is 0 Å². The topological polar surface area (TPSA) is 114 Å². The lowest BCUT2D eigenvalue weighted by atomic mass is 10.1. The predicted octanol–water partition coefficient (Wildman–Crippen LogP) is 8.62. The van der Waals surface area contributed by atoms with Gasteiger partial charge in [-0.25, -0.2) is 9.59 Å². The maximum Gasteiger partial charge on any atom is 0.433 e. The minimum atomic E-state index is -4.53. The van der Waals surface area contributed by atoms with Crippen LogP contribution in [0, 0.1) is 0 Å². The van der Waals surface area contributed by atoms with Crippen molar-refractivity contribution in [3.63, 3.8) is 0 Å². The summed E-state index contributed by atoms with van der Waals surface area (Å²) in [4.78, 5) is 35.8. The first-order valence-electron chi connectivity index (χ1n) is 15.6. The maximum absolute atomic E-state index is 13.1. The quantitative estimate of drug-likeness (QED) is 0.0730. The van der Waals surface area contributed by atoms with Crippen LogP contribution in [-0.2, 0) is 58.7 Å². The van der Waals surface area contributed by atoms with Crippen LogP contribution in [0.5, 0.6) is 0 Å². The van der Waals surface area contributed by atoms with Crippen molar-refractivity contribution in [2.45, 2.75) is 25.6 Å². The van der Waals surface area contributed by atoms with Gasteiger partial charge in [-0.3, -0.25) is 19.3 Å². The molecular weight excluding hydrogens is 759 g/mol. The molecule has 0 saturated heterocycles. The molecule has 6 rings (SSSR count). The van der Waals surface area contributed by atoms with Crippen molar-refractivity contribution in [1.82, 2.24) is 29.5 Å². The Balaban J connectivity index is 0.998. The van der Waals surface area contributed by atoms with E-state index >= 15 is 0 Å². The van der Waals surface area contributed by atoms with Crippen molar-refractivity contribution in [1.29, 1.82) is 0 Å². The standard InChI is InChI=1S/C36H26F6N6O4S2/c1-47-31(35(37,38)39)17-27(45-47)29-7-3-23(53-29)5-9-33(49)51-19-21-11-13-43-25(15-21)26-16-22(12-14-44-26)20-52-34(50)10-6-24-4-8-30(54-24)28-18-32(36(40,41)42)48(2)46-28/h3-18H,19-20H2,1-2H3/b9-5+,10-6+. The Morgan fingerprint density at radius 1 is 0.630 bits per heavy atom. The van der Waals surface area contributed by atoms with E-state index < -0.39 is 35.7 Å². The number of hydrogen-bond acceptors (Lipinski definition) is 10. The highest BCUT2D eigenvalue weighted by Crippen LogP contribution is 2.36. The molecule has 0 spiro atoms. The van der Waals surface area contributed by atoms with Gasteiger partial charge in [-0.2, -0.15) is 36.5 Å². The number of ether oxygens (including phenoxy) is 2. The van der Waals surface area contributed by atoms with Crippen LogP contribution >= 0.6 is 22.7 Å². The summed E-state index contributed by atoms with van der Waals surface area (Å²) in [6.45, 7) is -0.150. The van der Waals surface area contributed by atoms with Crippen LogP contribution in [0.3, 0.4) is 0 Å². The Bertz CT molecular complexity index is 2210. The first-order valence-corrected chi connectivity index (χ1v) is 17.3. The van der Waals surface area contributed by atoms with Crippen molar-refractivity contribution in [3.05, 3.63) is 117 Å². The van der Waals surface area contributed by atoms with E-state index in [1.54, 1.807) is 48.5 Å². The summed E-state index contributed by atoms with van der Waals surface area (Å²) in [5, 5.41) is 7.87. The van der Waals surface area contributed by atoms with Crippen LogP contribution in [0.1, 0.15) is 32.3 Å². The molecule has 10 nitrogen and oxygen atoms in total. The summed E-state index contributed by atoms with van der Waals surface area (Å²) in [7, 11) is 2.44. The summed E-state index contributed by atoms with van der Waals surface area (Å²) in [6, 6.07) is 15.2. The van der Waals surface area contributed by atoms with Crippen LogP contribution in [0.25, 0.3) is 44.7 Å². The van der Waals surface area contributed by atoms with Crippen LogP contribution in [0.4, 0.5) is 26.3 Å². The van der Waals surface area contributed by atoms with Gasteiger partial charge < -0.3 is 9.47 Å². The molecule has 0 aromatic carbocycles. The number of carbonyl (C=O) groups is 2. The number of aryl methyl sites for hydroxylation is 2. The fourth-order valence-electron chi connectivity index (χ4n) is 4.98. The molecule has 6 heterocycles.